The lowest BCUT2D eigenvalue weighted by molar-refractivity contribution is -0.137. The monoisotopic (exact) mass is 299 g/mol. The van der Waals surface area contributed by atoms with E-state index in [1.807, 2.05) is 27.7 Å². The molecule has 1 atom stereocenters. The molecule has 0 aromatic heterocycles. The van der Waals surface area contributed by atoms with Crippen LogP contribution in [0.25, 0.3) is 0 Å². The van der Waals surface area contributed by atoms with Crippen molar-refractivity contribution in [2.45, 2.75) is 52.1 Å². The average Bonchev–Trinajstić information content (AvgIpc) is 2.36. The quantitative estimate of drug-likeness (QED) is 0.806. The van der Waals surface area contributed by atoms with Crippen LogP contribution in [0.1, 0.15) is 40.5 Å². The Bertz CT molecular complexity index is 417. The fourth-order valence-electron chi connectivity index (χ4n) is 2.43. The van der Waals surface area contributed by atoms with E-state index in [0.29, 0.717) is 19.5 Å². The van der Waals surface area contributed by atoms with E-state index < -0.39 is 17.6 Å². The Kier molecular flexibility index (Phi) is 5.57. The summed E-state index contributed by atoms with van der Waals surface area (Å²) in [5, 5.41) is 11.6. The molecule has 1 fully saturated rings. The molecule has 0 aromatic carbocycles. The van der Waals surface area contributed by atoms with Crippen molar-refractivity contribution in [1.82, 2.24) is 15.1 Å². The molecule has 0 saturated carbocycles. The average molecular weight is 299 g/mol. The van der Waals surface area contributed by atoms with Gasteiger partial charge in [-0.2, -0.15) is 0 Å². The van der Waals surface area contributed by atoms with Crippen LogP contribution in [0.4, 0.5) is 4.79 Å². The predicted molar refractivity (Wildman–Crippen MR) is 77.9 cm³/mol. The first-order valence-corrected chi connectivity index (χ1v) is 7.26. The van der Waals surface area contributed by atoms with Gasteiger partial charge >= 0.3 is 12.0 Å². The molecule has 2 N–H and O–H groups in total. The zero-order valence-corrected chi connectivity index (χ0v) is 13.2. The molecule has 0 radical (unpaired) electrons. The summed E-state index contributed by atoms with van der Waals surface area (Å²) in [4.78, 5) is 38.5. The summed E-state index contributed by atoms with van der Waals surface area (Å²) in [7, 11) is 0. The van der Waals surface area contributed by atoms with E-state index >= 15 is 0 Å². The molecule has 7 nitrogen and oxygen atoms in total. The van der Waals surface area contributed by atoms with Gasteiger partial charge < -0.3 is 20.2 Å². The molecule has 1 aliphatic rings. The number of nitrogens with zero attached hydrogens (tertiary/aromatic N) is 2. The van der Waals surface area contributed by atoms with E-state index in [9.17, 15) is 14.4 Å². The first-order chi connectivity index (χ1) is 9.68. The second kappa shape index (κ2) is 6.78. The van der Waals surface area contributed by atoms with Crippen LogP contribution in [0.2, 0.25) is 0 Å². The van der Waals surface area contributed by atoms with Crippen molar-refractivity contribution in [2.24, 2.45) is 0 Å². The molecule has 3 amide bonds. The Hall–Kier alpha value is -1.79. The number of amides is 3. The normalized spacial score (nSPS) is 19.1. The molecular weight excluding hydrogens is 274 g/mol. The van der Waals surface area contributed by atoms with Crippen LogP contribution in [0.15, 0.2) is 0 Å². The van der Waals surface area contributed by atoms with Crippen LogP contribution in [0.3, 0.4) is 0 Å². The first-order valence-electron chi connectivity index (χ1n) is 7.26. The van der Waals surface area contributed by atoms with Crippen LogP contribution in [0.5, 0.6) is 0 Å². The highest BCUT2D eigenvalue weighted by atomic mass is 16.4. The van der Waals surface area contributed by atoms with Gasteiger partial charge in [0.2, 0.25) is 5.91 Å². The zero-order chi connectivity index (χ0) is 16.2. The highest BCUT2D eigenvalue weighted by Crippen LogP contribution is 2.19. The molecular formula is C14H25N3O4. The van der Waals surface area contributed by atoms with Crippen molar-refractivity contribution in [3.05, 3.63) is 0 Å². The van der Waals surface area contributed by atoms with Crippen LogP contribution < -0.4 is 5.32 Å². The summed E-state index contributed by atoms with van der Waals surface area (Å²) in [6, 6.07) is -0.758. The number of carbonyl (C=O) groups excluding carboxylic acids is 2. The Morgan fingerprint density at radius 2 is 2.05 bits per heavy atom. The van der Waals surface area contributed by atoms with Crippen molar-refractivity contribution in [3.63, 3.8) is 0 Å². The minimum absolute atomic E-state index is 0.111. The lowest BCUT2D eigenvalue weighted by atomic mass is 10.0. The summed E-state index contributed by atoms with van der Waals surface area (Å²) in [5.41, 5.74) is -0.501. The number of piperazine rings is 1. The highest BCUT2D eigenvalue weighted by Gasteiger charge is 2.37. The van der Waals surface area contributed by atoms with Gasteiger partial charge in [-0.25, -0.2) is 4.79 Å². The van der Waals surface area contributed by atoms with Crippen molar-refractivity contribution in [2.75, 3.05) is 19.6 Å². The fourth-order valence-corrected chi connectivity index (χ4v) is 2.43. The molecule has 7 heteroatoms. The molecule has 1 aliphatic heterocycles. The standard InChI is InChI=1S/C14H25N3O4/c1-5-10-12(20)15-7-9-16(10)13(21)17(14(2,3)4)8-6-11(18)19/h10H,5-9H2,1-4H3,(H,15,20)(H,18,19). The van der Waals surface area contributed by atoms with Gasteiger partial charge in [-0.3, -0.25) is 9.59 Å². The molecule has 21 heavy (non-hydrogen) atoms. The van der Waals surface area contributed by atoms with E-state index in [-0.39, 0.29) is 24.9 Å². The van der Waals surface area contributed by atoms with Crippen LogP contribution in [0, 0.1) is 0 Å². The van der Waals surface area contributed by atoms with Gasteiger partial charge in [0.1, 0.15) is 6.04 Å². The molecule has 120 valence electrons. The van der Waals surface area contributed by atoms with Gasteiger partial charge in [-0.1, -0.05) is 6.92 Å². The van der Waals surface area contributed by atoms with E-state index in [1.165, 1.54) is 4.90 Å². The number of carboxylic acid groups (broad SMARTS) is 1. The molecule has 0 spiro atoms. The van der Waals surface area contributed by atoms with E-state index in [1.54, 1.807) is 4.90 Å². The van der Waals surface area contributed by atoms with Crippen molar-refractivity contribution in [1.29, 1.82) is 0 Å². The zero-order valence-electron chi connectivity index (χ0n) is 13.2. The summed E-state index contributed by atoms with van der Waals surface area (Å²) >= 11 is 0. The number of carboxylic acids is 1. The van der Waals surface area contributed by atoms with Crippen LogP contribution in [-0.4, -0.2) is 64.0 Å². The van der Waals surface area contributed by atoms with Gasteiger partial charge in [0.15, 0.2) is 0 Å². The van der Waals surface area contributed by atoms with Crippen LogP contribution in [-0.2, 0) is 9.59 Å². The van der Waals surface area contributed by atoms with E-state index in [4.69, 9.17) is 5.11 Å². The third kappa shape index (κ3) is 4.34. The van der Waals surface area contributed by atoms with Gasteiger partial charge in [0.05, 0.1) is 6.42 Å². The smallest absolute Gasteiger partial charge is 0.321 e. The van der Waals surface area contributed by atoms with Gasteiger partial charge in [0, 0.05) is 25.2 Å². The Morgan fingerprint density at radius 1 is 1.43 bits per heavy atom. The lowest BCUT2D eigenvalue weighted by Gasteiger charge is -2.42. The minimum Gasteiger partial charge on any atom is -0.481 e. The number of nitrogens with one attached hydrogen (secondary N) is 1. The minimum atomic E-state index is -0.944. The number of hydrogen-bond acceptors (Lipinski definition) is 3. The van der Waals surface area contributed by atoms with Crippen molar-refractivity contribution in [3.8, 4) is 0 Å². The summed E-state index contributed by atoms with van der Waals surface area (Å²) in [6.07, 6.45) is 0.425. The number of aliphatic carboxylic acids is 1. The molecule has 1 heterocycles. The topological polar surface area (TPSA) is 90.0 Å². The summed E-state index contributed by atoms with van der Waals surface area (Å²) in [5.74, 6) is -1.09. The largest absolute Gasteiger partial charge is 0.481 e. The second-order valence-corrected chi connectivity index (χ2v) is 6.16. The van der Waals surface area contributed by atoms with Gasteiger partial charge in [-0.05, 0) is 27.2 Å². The predicted octanol–water partition coefficient (Wildman–Crippen LogP) is 0.892. The Balaban J connectivity index is 2.92. The maximum Gasteiger partial charge on any atom is 0.321 e. The summed E-state index contributed by atoms with van der Waals surface area (Å²) in [6.45, 7) is 8.44. The summed E-state index contributed by atoms with van der Waals surface area (Å²) < 4.78 is 0. The Labute approximate surface area is 125 Å². The third-order valence-corrected chi connectivity index (χ3v) is 3.55. The molecule has 0 aromatic rings. The third-order valence-electron chi connectivity index (χ3n) is 3.55. The van der Waals surface area contributed by atoms with Gasteiger partial charge in [-0.15, -0.1) is 0 Å². The molecule has 0 aliphatic carbocycles. The number of urea groups is 1. The van der Waals surface area contributed by atoms with Gasteiger partial charge in [0.25, 0.3) is 0 Å². The number of carbonyl (C=O) groups is 3. The maximum atomic E-state index is 12.8. The van der Waals surface area contributed by atoms with E-state index in [0.717, 1.165) is 0 Å². The van der Waals surface area contributed by atoms with Crippen molar-refractivity contribution < 1.29 is 19.5 Å². The number of hydrogen-bond donors (Lipinski definition) is 2. The Morgan fingerprint density at radius 3 is 2.52 bits per heavy atom. The second-order valence-electron chi connectivity index (χ2n) is 6.16. The molecule has 1 saturated heterocycles. The molecule has 0 bridgehead atoms. The first kappa shape index (κ1) is 17.3. The fraction of sp³-hybridized carbons (Fsp3) is 0.786. The SMILES string of the molecule is CCC1C(=O)NCCN1C(=O)N(CCC(=O)O)C(C)(C)C. The molecule has 1 rings (SSSR count). The molecule has 1 unspecified atom stereocenters. The van der Waals surface area contributed by atoms with Crippen molar-refractivity contribution >= 4 is 17.9 Å². The maximum absolute atomic E-state index is 12.8. The number of rotatable bonds is 4. The highest BCUT2D eigenvalue weighted by molar-refractivity contribution is 5.88. The van der Waals surface area contributed by atoms with E-state index in [2.05, 4.69) is 5.32 Å². The lowest BCUT2D eigenvalue weighted by Crippen LogP contribution is -2.62. The van der Waals surface area contributed by atoms with Crippen LogP contribution >= 0.6 is 0 Å².